The minimum Gasteiger partial charge on any atom is -0.0793 e. The van der Waals surface area contributed by atoms with Crippen molar-refractivity contribution in [2.24, 2.45) is 0 Å². The zero-order chi connectivity index (χ0) is 18.5. The van der Waals surface area contributed by atoms with Crippen LogP contribution in [0, 0.1) is 0 Å². The predicted molar refractivity (Wildman–Crippen MR) is 120 cm³/mol. The molecule has 0 spiro atoms. The Labute approximate surface area is 196 Å². The average molecular weight is 397 g/mol. The van der Waals surface area contributed by atoms with Crippen LogP contribution in [0.3, 0.4) is 0 Å². The Morgan fingerprint density at radius 3 is 1.10 bits per heavy atom. The minimum atomic E-state index is -0.874. The Kier molecular flexibility index (Phi) is 5.09. The summed E-state index contributed by atoms with van der Waals surface area (Å²) >= 11 is 0. The first-order valence-electron chi connectivity index (χ1n) is 10.1. The molecule has 3 unspecified atom stereocenters. The molecule has 0 aromatic heterocycles. The van der Waals surface area contributed by atoms with Gasteiger partial charge in [-0.1, -0.05) is 109 Å². The molecule has 3 atom stereocenters. The van der Waals surface area contributed by atoms with Crippen LogP contribution in [-0.2, 0) is 0 Å². The summed E-state index contributed by atoms with van der Waals surface area (Å²) in [6.07, 6.45) is 14.5. The summed E-state index contributed by atoms with van der Waals surface area (Å²) in [5, 5.41) is 0. The minimum absolute atomic E-state index is 0. The van der Waals surface area contributed by atoms with E-state index in [0.29, 0.717) is 16.6 Å². The van der Waals surface area contributed by atoms with E-state index in [1.54, 1.807) is 0 Å². The number of hydrogen-bond donors (Lipinski definition) is 0. The molecule has 1 radical (unpaired) electrons. The number of allylic oxidation sites excluding steroid dienone is 3. The monoisotopic (exact) mass is 396 g/mol. The molecule has 0 N–H and O–H groups in total. The van der Waals surface area contributed by atoms with E-state index in [2.05, 4.69) is 109 Å². The molecule has 6 rings (SSSR count). The topological polar surface area (TPSA) is 0 Å². The molecule has 0 heterocycles. The largest absolute Gasteiger partial charge is 1.00 e. The standard InChI is InChI=1S/C27H21Si.Na/c1-4-10-22-19(7-1)13-16-25(22)28(26-17-14-20-8-2-5-11-23(20)26)27-18-15-21-9-3-6-12-24(21)27;/h1-18,25-27H;/q;+1. The van der Waals surface area contributed by atoms with Crippen LogP contribution in [0.2, 0.25) is 0 Å². The van der Waals surface area contributed by atoms with Gasteiger partial charge in [0.1, 0.15) is 0 Å². The van der Waals surface area contributed by atoms with Crippen LogP contribution in [-0.4, -0.2) is 8.80 Å². The van der Waals surface area contributed by atoms with Gasteiger partial charge in [-0.2, -0.15) is 0 Å². The first-order valence-corrected chi connectivity index (χ1v) is 11.8. The maximum Gasteiger partial charge on any atom is 1.00 e. The first kappa shape index (κ1) is 19.1. The van der Waals surface area contributed by atoms with Crippen molar-refractivity contribution in [2.45, 2.75) is 16.6 Å². The number of rotatable bonds is 3. The summed E-state index contributed by atoms with van der Waals surface area (Å²) in [5.74, 6) is 0. The third kappa shape index (κ3) is 3.08. The van der Waals surface area contributed by atoms with E-state index in [-0.39, 0.29) is 29.6 Å². The summed E-state index contributed by atoms with van der Waals surface area (Å²) in [6, 6.07) is 26.9. The third-order valence-corrected chi connectivity index (χ3v) is 10.1. The summed E-state index contributed by atoms with van der Waals surface area (Å²) < 4.78 is 0. The summed E-state index contributed by atoms with van der Waals surface area (Å²) in [5.41, 5.74) is 10.4. The second-order valence-corrected chi connectivity index (χ2v) is 10.8. The Bertz CT molecular complexity index is 1010. The molecule has 3 aromatic rings. The molecule has 0 amide bonds. The van der Waals surface area contributed by atoms with Gasteiger partial charge in [-0.3, -0.25) is 0 Å². The van der Waals surface area contributed by atoms with Crippen LogP contribution in [0.15, 0.2) is 91.0 Å². The quantitative estimate of drug-likeness (QED) is 0.594. The molecule has 133 valence electrons. The normalized spacial score (nSPS) is 22.4. The van der Waals surface area contributed by atoms with E-state index in [1.807, 2.05) is 0 Å². The first-order chi connectivity index (χ1) is 13.9. The van der Waals surface area contributed by atoms with Crippen molar-refractivity contribution < 1.29 is 29.6 Å². The number of hydrogen-bond acceptors (Lipinski definition) is 0. The average Bonchev–Trinajstić information content (AvgIpc) is 3.47. The molecule has 0 aliphatic heterocycles. The molecule has 0 saturated carbocycles. The molecule has 3 aromatic carbocycles. The molecule has 29 heavy (non-hydrogen) atoms. The molecule has 3 aliphatic rings. The second kappa shape index (κ2) is 7.74. The predicted octanol–water partition coefficient (Wildman–Crippen LogP) is 3.53. The summed E-state index contributed by atoms with van der Waals surface area (Å²) in [4.78, 5) is 0. The van der Waals surface area contributed by atoms with Crippen molar-refractivity contribution in [3.05, 3.63) is 124 Å². The Balaban J connectivity index is 0.00000181. The number of benzene rings is 3. The maximum atomic E-state index is 2.49. The Hall–Kier alpha value is -1.90. The SMILES string of the molecule is C1=CC([Si](C2C=Cc3ccccc32)C2C=Cc3ccccc32)c2ccccc21.[Na+]. The second-order valence-electron chi connectivity index (χ2n) is 7.90. The van der Waals surface area contributed by atoms with Crippen LogP contribution in [0.1, 0.15) is 50.0 Å². The van der Waals surface area contributed by atoms with Crippen molar-refractivity contribution in [1.29, 1.82) is 0 Å². The van der Waals surface area contributed by atoms with E-state index in [1.165, 1.54) is 33.4 Å². The van der Waals surface area contributed by atoms with Gasteiger partial charge in [-0.15, -0.1) is 0 Å². The van der Waals surface area contributed by atoms with Gasteiger partial charge in [-0.25, -0.2) is 0 Å². The summed E-state index contributed by atoms with van der Waals surface area (Å²) in [7, 11) is -0.874. The van der Waals surface area contributed by atoms with Gasteiger partial charge in [0.05, 0.1) is 8.80 Å². The summed E-state index contributed by atoms with van der Waals surface area (Å²) in [6.45, 7) is 0. The Morgan fingerprint density at radius 2 is 0.759 bits per heavy atom. The Morgan fingerprint density at radius 1 is 0.448 bits per heavy atom. The van der Waals surface area contributed by atoms with Crippen LogP contribution in [0.4, 0.5) is 0 Å². The zero-order valence-electron chi connectivity index (χ0n) is 16.6. The van der Waals surface area contributed by atoms with E-state index < -0.39 is 8.80 Å². The fourth-order valence-electron chi connectivity index (χ4n) is 5.20. The van der Waals surface area contributed by atoms with Gasteiger partial charge < -0.3 is 0 Å². The van der Waals surface area contributed by atoms with E-state index >= 15 is 0 Å². The van der Waals surface area contributed by atoms with Crippen LogP contribution >= 0.6 is 0 Å². The van der Waals surface area contributed by atoms with Gasteiger partial charge in [-0.05, 0) is 50.0 Å². The van der Waals surface area contributed by atoms with Gasteiger partial charge in [0.2, 0.25) is 0 Å². The molecular formula is C27H21NaSi+. The molecule has 0 nitrogen and oxygen atoms in total. The van der Waals surface area contributed by atoms with Crippen molar-refractivity contribution in [1.82, 2.24) is 0 Å². The van der Waals surface area contributed by atoms with E-state index in [0.717, 1.165) is 0 Å². The van der Waals surface area contributed by atoms with Crippen molar-refractivity contribution >= 4 is 27.0 Å². The fraction of sp³-hybridized carbons (Fsp3) is 0.111. The molecule has 3 aliphatic carbocycles. The number of fused-ring (bicyclic) bond motifs is 3. The van der Waals surface area contributed by atoms with Crippen molar-refractivity contribution in [3.63, 3.8) is 0 Å². The van der Waals surface area contributed by atoms with Gasteiger partial charge in [0.25, 0.3) is 0 Å². The third-order valence-electron chi connectivity index (χ3n) is 6.48. The van der Waals surface area contributed by atoms with Crippen molar-refractivity contribution in [3.8, 4) is 0 Å². The van der Waals surface area contributed by atoms with E-state index in [9.17, 15) is 0 Å². The van der Waals surface area contributed by atoms with Crippen molar-refractivity contribution in [2.75, 3.05) is 0 Å². The smallest absolute Gasteiger partial charge is 0.0793 e. The molecule has 2 heteroatoms. The fourth-order valence-corrected chi connectivity index (χ4v) is 9.18. The maximum absolute atomic E-state index is 2.49. The van der Waals surface area contributed by atoms with Gasteiger partial charge >= 0.3 is 29.6 Å². The van der Waals surface area contributed by atoms with Crippen LogP contribution in [0.25, 0.3) is 18.2 Å². The zero-order valence-corrected chi connectivity index (χ0v) is 19.6. The molecule has 0 bridgehead atoms. The molecular weight excluding hydrogens is 375 g/mol. The van der Waals surface area contributed by atoms with E-state index in [4.69, 9.17) is 0 Å². The van der Waals surface area contributed by atoms with Crippen LogP contribution < -0.4 is 29.6 Å². The molecule has 0 saturated heterocycles. The van der Waals surface area contributed by atoms with Gasteiger partial charge in [0.15, 0.2) is 0 Å². The van der Waals surface area contributed by atoms with Gasteiger partial charge in [0, 0.05) is 0 Å². The van der Waals surface area contributed by atoms with Crippen LogP contribution in [0.5, 0.6) is 0 Å². The molecule has 0 fully saturated rings.